The van der Waals surface area contributed by atoms with Crippen LogP contribution in [0.3, 0.4) is 0 Å². The van der Waals surface area contributed by atoms with E-state index < -0.39 is 36.9 Å². The molecule has 2 aromatic rings. The quantitative estimate of drug-likeness (QED) is 0.163. The lowest BCUT2D eigenvalue weighted by molar-refractivity contribution is -0.119. The van der Waals surface area contributed by atoms with Crippen LogP contribution in [0.1, 0.15) is 0 Å². The zero-order valence-corrected chi connectivity index (χ0v) is 15.3. The highest BCUT2D eigenvalue weighted by molar-refractivity contribution is 7.18. The van der Waals surface area contributed by atoms with Crippen molar-refractivity contribution in [1.82, 2.24) is 20.6 Å². The highest BCUT2D eigenvalue weighted by Crippen LogP contribution is 2.25. The van der Waals surface area contributed by atoms with E-state index in [1.165, 1.54) is 11.3 Å². The van der Waals surface area contributed by atoms with Crippen LogP contribution < -0.4 is 10.7 Å². The Balaban J connectivity index is 1.77. The molecule has 0 aliphatic heterocycles. The second-order valence-corrected chi connectivity index (χ2v) is 6.52. The number of hydrogen-bond acceptors (Lipinski definition) is 12. The van der Waals surface area contributed by atoms with Gasteiger partial charge in [0.1, 0.15) is 24.4 Å². The molecule has 0 aromatic carbocycles. The number of anilines is 1. The molecule has 28 heavy (non-hydrogen) atoms. The Kier molecular flexibility index (Phi) is 8.31. The molecule has 0 saturated heterocycles. The maximum atomic E-state index is 11.7. The van der Waals surface area contributed by atoms with Gasteiger partial charge in [0, 0.05) is 18.0 Å². The van der Waals surface area contributed by atoms with E-state index in [0.717, 1.165) is 11.8 Å². The predicted molar refractivity (Wildman–Crippen MR) is 99.4 cm³/mol. The van der Waals surface area contributed by atoms with Gasteiger partial charge in [-0.15, -0.1) is 10.2 Å². The van der Waals surface area contributed by atoms with E-state index in [9.17, 15) is 25.2 Å². The molecule has 152 valence electrons. The molecule has 2 heterocycles. The molecule has 0 radical (unpaired) electrons. The van der Waals surface area contributed by atoms with Crippen molar-refractivity contribution in [2.24, 2.45) is 5.10 Å². The molecule has 0 spiro atoms. The Bertz CT molecular complexity index is 775. The summed E-state index contributed by atoms with van der Waals surface area (Å²) in [5, 5.41) is 61.7. The minimum atomic E-state index is -1.80. The number of amides is 1. The largest absolute Gasteiger partial charge is 0.394 e. The Morgan fingerprint density at radius 3 is 2.71 bits per heavy atom. The summed E-state index contributed by atoms with van der Waals surface area (Å²) in [4.78, 5) is 15.7. The number of rotatable bonds is 10. The number of hydrogen-bond donors (Lipinski definition) is 7. The van der Waals surface area contributed by atoms with Gasteiger partial charge < -0.3 is 30.8 Å². The van der Waals surface area contributed by atoms with Crippen molar-refractivity contribution in [3.63, 3.8) is 0 Å². The number of aliphatic hydroxyl groups excluding tert-OH is 5. The van der Waals surface area contributed by atoms with Gasteiger partial charge >= 0.3 is 0 Å². The number of aromatic nitrogens is 3. The average Bonchev–Trinajstić information content (AvgIpc) is 3.20. The Labute approximate surface area is 163 Å². The van der Waals surface area contributed by atoms with Crippen LogP contribution in [0.25, 0.3) is 10.6 Å². The fraction of sp³-hybridized carbons (Fsp3) is 0.400. The summed E-state index contributed by atoms with van der Waals surface area (Å²) < 4.78 is 0. The van der Waals surface area contributed by atoms with E-state index in [2.05, 4.69) is 31.0 Å². The smallest absolute Gasteiger partial charge is 0.259 e. The molecule has 0 unspecified atom stereocenters. The maximum absolute atomic E-state index is 11.7. The first-order chi connectivity index (χ1) is 13.4. The third kappa shape index (κ3) is 6.26. The van der Waals surface area contributed by atoms with Crippen molar-refractivity contribution in [2.75, 3.05) is 18.5 Å². The van der Waals surface area contributed by atoms with Crippen molar-refractivity contribution >= 4 is 28.6 Å². The highest BCUT2D eigenvalue weighted by atomic mass is 32.1. The third-order valence-corrected chi connectivity index (χ3v) is 4.36. The van der Waals surface area contributed by atoms with Crippen LogP contribution in [0.2, 0.25) is 0 Å². The molecule has 0 aliphatic carbocycles. The van der Waals surface area contributed by atoms with Gasteiger partial charge in [-0.1, -0.05) is 11.3 Å². The van der Waals surface area contributed by atoms with Gasteiger partial charge in [-0.05, 0) is 12.1 Å². The van der Waals surface area contributed by atoms with E-state index in [4.69, 9.17) is 5.11 Å². The normalized spacial score (nSPS) is 15.8. The number of carbonyl (C=O) groups excluding carboxylic acids is 1. The van der Waals surface area contributed by atoms with Crippen LogP contribution in [0.15, 0.2) is 29.6 Å². The molecule has 4 atom stereocenters. The van der Waals surface area contributed by atoms with E-state index >= 15 is 0 Å². The number of nitrogens with one attached hydrogen (secondary N) is 2. The number of aliphatic hydroxyl groups is 5. The monoisotopic (exact) mass is 412 g/mol. The van der Waals surface area contributed by atoms with Crippen LogP contribution >= 0.6 is 11.3 Å². The molecular formula is C15H20N6O6S. The molecule has 0 aliphatic rings. The van der Waals surface area contributed by atoms with Crippen molar-refractivity contribution in [3.05, 3.63) is 24.5 Å². The fourth-order valence-electron chi connectivity index (χ4n) is 1.91. The van der Waals surface area contributed by atoms with Crippen molar-refractivity contribution < 1.29 is 30.3 Å². The first-order valence-corrected chi connectivity index (χ1v) is 8.87. The molecule has 12 nitrogen and oxygen atoms in total. The number of carbonyl (C=O) groups is 1. The molecule has 0 fully saturated rings. The third-order valence-electron chi connectivity index (χ3n) is 3.43. The minimum absolute atomic E-state index is 0.177. The first kappa shape index (κ1) is 21.7. The van der Waals surface area contributed by atoms with Crippen molar-refractivity contribution in [1.29, 1.82) is 0 Å². The standard InChI is InChI=1S/C15H20N6O6S/c22-7-10(24)13(27)12(26)9(23)5-18-19-11(25)6-17-15-21-20-14(28-15)8-2-1-3-16-4-8/h1-5,9-10,12-13,22-24,26-27H,6-7H2,(H,17,21)(H,19,25)/b18-5+/t9-,10+,12+,13-/m0/s1. The van der Waals surface area contributed by atoms with Gasteiger partial charge in [0.05, 0.1) is 19.4 Å². The number of hydrazone groups is 1. The summed E-state index contributed by atoms with van der Waals surface area (Å²) in [5.74, 6) is -0.563. The molecule has 0 saturated carbocycles. The van der Waals surface area contributed by atoms with Gasteiger partial charge in [0.25, 0.3) is 5.91 Å². The summed E-state index contributed by atoms with van der Waals surface area (Å²) >= 11 is 1.23. The summed E-state index contributed by atoms with van der Waals surface area (Å²) in [7, 11) is 0. The second-order valence-electron chi connectivity index (χ2n) is 5.54. The van der Waals surface area contributed by atoms with Gasteiger partial charge in [-0.3, -0.25) is 9.78 Å². The van der Waals surface area contributed by atoms with Crippen LogP contribution in [0, 0.1) is 0 Å². The molecule has 2 aromatic heterocycles. The van der Waals surface area contributed by atoms with Gasteiger partial charge in [-0.25, -0.2) is 5.43 Å². The van der Waals surface area contributed by atoms with Crippen LogP contribution in [0.5, 0.6) is 0 Å². The Hall–Kier alpha value is -2.55. The Morgan fingerprint density at radius 1 is 1.25 bits per heavy atom. The predicted octanol–water partition coefficient (Wildman–Crippen LogP) is -2.45. The second kappa shape index (κ2) is 10.7. The van der Waals surface area contributed by atoms with E-state index in [1.54, 1.807) is 18.5 Å². The average molecular weight is 412 g/mol. The molecular weight excluding hydrogens is 392 g/mol. The molecule has 13 heteroatoms. The van der Waals surface area contributed by atoms with Gasteiger partial charge in [0.15, 0.2) is 5.01 Å². The summed E-state index contributed by atoms with van der Waals surface area (Å²) in [6.45, 7) is -0.970. The Morgan fingerprint density at radius 2 is 2.04 bits per heavy atom. The highest BCUT2D eigenvalue weighted by Gasteiger charge is 2.29. The lowest BCUT2D eigenvalue weighted by atomic mass is 10.0. The number of pyridine rings is 1. The van der Waals surface area contributed by atoms with Crippen molar-refractivity contribution in [3.8, 4) is 10.6 Å². The maximum Gasteiger partial charge on any atom is 0.259 e. The first-order valence-electron chi connectivity index (χ1n) is 8.05. The topological polar surface area (TPSA) is 193 Å². The molecule has 7 N–H and O–H groups in total. The SMILES string of the molecule is O=C(CNc1nnc(-c2cccnc2)s1)N/N=C/[C@H](O)[C@@H](O)[C@@H](O)[C@H](O)CO. The van der Waals surface area contributed by atoms with Gasteiger partial charge in [0.2, 0.25) is 5.13 Å². The van der Waals surface area contributed by atoms with Crippen LogP contribution in [-0.4, -0.2) is 90.4 Å². The van der Waals surface area contributed by atoms with Crippen molar-refractivity contribution in [2.45, 2.75) is 24.4 Å². The van der Waals surface area contributed by atoms with Crippen LogP contribution in [-0.2, 0) is 4.79 Å². The van der Waals surface area contributed by atoms with E-state index in [0.29, 0.717) is 10.1 Å². The summed E-state index contributed by atoms with van der Waals surface area (Å²) in [6.07, 6.45) is -2.82. The zero-order chi connectivity index (χ0) is 20.5. The molecule has 1 amide bonds. The molecule has 0 bridgehead atoms. The lowest BCUT2D eigenvalue weighted by Crippen LogP contribution is -2.46. The van der Waals surface area contributed by atoms with Gasteiger partial charge in [-0.2, -0.15) is 5.10 Å². The van der Waals surface area contributed by atoms with Crippen LogP contribution in [0.4, 0.5) is 5.13 Å². The van der Waals surface area contributed by atoms with E-state index in [1.807, 2.05) is 6.07 Å². The van der Waals surface area contributed by atoms with E-state index in [-0.39, 0.29) is 6.54 Å². The summed E-state index contributed by atoms with van der Waals surface area (Å²) in [6, 6.07) is 3.60. The zero-order valence-electron chi connectivity index (χ0n) is 14.5. The molecule has 2 rings (SSSR count). The number of nitrogens with zero attached hydrogens (tertiary/aromatic N) is 4. The minimum Gasteiger partial charge on any atom is -0.394 e. The summed E-state index contributed by atoms with van der Waals surface area (Å²) in [5.41, 5.74) is 2.90. The fourth-order valence-corrected chi connectivity index (χ4v) is 2.64. The lowest BCUT2D eigenvalue weighted by Gasteiger charge is -2.23.